The van der Waals surface area contributed by atoms with E-state index in [1.165, 1.54) is 18.4 Å². The van der Waals surface area contributed by atoms with Gasteiger partial charge < -0.3 is 10.2 Å². The Bertz CT molecular complexity index is 582. The van der Waals surface area contributed by atoms with Crippen molar-refractivity contribution in [2.24, 2.45) is 5.92 Å². The van der Waals surface area contributed by atoms with E-state index < -0.39 is 0 Å². The molecule has 1 heterocycles. The summed E-state index contributed by atoms with van der Waals surface area (Å²) in [5, 5.41) is 3.73. The minimum absolute atomic E-state index is 0.0277. The van der Waals surface area contributed by atoms with Gasteiger partial charge in [0, 0.05) is 30.6 Å². The van der Waals surface area contributed by atoms with E-state index in [1.54, 1.807) is 0 Å². The number of carbonyl (C=O) groups is 2. The van der Waals surface area contributed by atoms with Gasteiger partial charge in [0.1, 0.15) is 0 Å². The predicted octanol–water partition coefficient (Wildman–Crippen LogP) is 3.18. The van der Waals surface area contributed by atoms with Crippen LogP contribution < -0.4 is 5.32 Å². The van der Waals surface area contributed by atoms with Crippen molar-refractivity contribution in [2.75, 3.05) is 13.1 Å². The van der Waals surface area contributed by atoms with Crippen LogP contribution in [0.1, 0.15) is 44.1 Å². The average molecular weight is 349 g/mol. The Labute approximate surface area is 148 Å². The molecule has 24 heavy (non-hydrogen) atoms. The van der Waals surface area contributed by atoms with Gasteiger partial charge >= 0.3 is 0 Å². The maximum atomic E-state index is 12.3. The summed E-state index contributed by atoms with van der Waals surface area (Å²) in [4.78, 5) is 26.4. The van der Waals surface area contributed by atoms with Crippen molar-refractivity contribution in [1.29, 1.82) is 0 Å². The monoisotopic (exact) mass is 348 g/mol. The second kappa shape index (κ2) is 8.02. The smallest absolute Gasteiger partial charge is 0.225 e. The summed E-state index contributed by atoms with van der Waals surface area (Å²) < 4.78 is 0. The third-order valence-corrected chi connectivity index (χ3v) is 5.40. The molecule has 1 aromatic carbocycles. The minimum Gasteiger partial charge on any atom is -0.356 e. The lowest BCUT2D eigenvalue weighted by Gasteiger charge is -2.23. The molecule has 2 aliphatic rings. The molecule has 5 heteroatoms. The number of nitrogens with zero attached hydrogens (tertiary/aromatic N) is 1. The van der Waals surface area contributed by atoms with Crippen LogP contribution >= 0.6 is 11.6 Å². The van der Waals surface area contributed by atoms with Crippen molar-refractivity contribution in [1.82, 2.24) is 10.2 Å². The second-order valence-electron chi connectivity index (χ2n) is 6.91. The van der Waals surface area contributed by atoms with Crippen molar-refractivity contribution in [3.05, 3.63) is 34.9 Å². The van der Waals surface area contributed by atoms with Gasteiger partial charge in [-0.25, -0.2) is 0 Å². The summed E-state index contributed by atoms with van der Waals surface area (Å²) in [6, 6.07) is 8.17. The molecule has 2 fully saturated rings. The summed E-state index contributed by atoms with van der Waals surface area (Å²) in [5.41, 5.74) is 1.22. The highest BCUT2D eigenvalue weighted by atomic mass is 35.5. The van der Waals surface area contributed by atoms with Gasteiger partial charge in [-0.2, -0.15) is 0 Å². The molecule has 1 aliphatic carbocycles. The first kappa shape index (κ1) is 17.3. The first-order chi connectivity index (χ1) is 11.6. The molecule has 1 atom stereocenters. The Balaban J connectivity index is 1.39. The van der Waals surface area contributed by atoms with Crippen LogP contribution in [0.25, 0.3) is 0 Å². The van der Waals surface area contributed by atoms with Crippen LogP contribution in [-0.4, -0.2) is 35.8 Å². The molecule has 0 spiro atoms. The molecule has 3 rings (SSSR count). The molecule has 0 aromatic heterocycles. The number of nitrogens with one attached hydrogen (secondary N) is 1. The summed E-state index contributed by atoms with van der Waals surface area (Å²) in [5.74, 6) is 0.0109. The highest BCUT2D eigenvalue weighted by Crippen LogP contribution is 2.29. The summed E-state index contributed by atoms with van der Waals surface area (Å²) in [6.45, 7) is 1.25. The maximum Gasteiger partial charge on any atom is 0.225 e. The lowest BCUT2D eigenvalue weighted by atomic mass is 10.1. The van der Waals surface area contributed by atoms with E-state index in [1.807, 2.05) is 29.2 Å². The first-order valence-corrected chi connectivity index (χ1v) is 9.33. The van der Waals surface area contributed by atoms with Crippen LogP contribution in [0.4, 0.5) is 0 Å². The third-order valence-electron chi connectivity index (χ3n) is 5.15. The fourth-order valence-corrected chi connectivity index (χ4v) is 3.90. The van der Waals surface area contributed by atoms with Crippen LogP contribution in [0.5, 0.6) is 0 Å². The molecule has 2 amide bonds. The largest absolute Gasteiger partial charge is 0.356 e. The number of benzene rings is 1. The topological polar surface area (TPSA) is 49.4 Å². The van der Waals surface area contributed by atoms with E-state index in [2.05, 4.69) is 5.32 Å². The van der Waals surface area contributed by atoms with E-state index in [0.717, 1.165) is 30.7 Å². The van der Waals surface area contributed by atoms with Crippen LogP contribution in [0, 0.1) is 5.92 Å². The highest BCUT2D eigenvalue weighted by Gasteiger charge is 2.38. The van der Waals surface area contributed by atoms with E-state index >= 15 is 0 Å². The third kappa shape index (κ3) is 4.29. The number of amides is 2. The van der Waals surface area contributed by atoms with Crippen LogP contribution in [-0.2, 0) is 16.0 Å². The van der Waals surface area contributed by atoms with Crippen LogP contribution in [0.2, 0.25) is 5.02 Å². The number of hydrogen-bond acceptors (Lipinski definition) is 2. The normalized spacial score (nSPS) is 21.5. The van der Waals surface area contributed by atoms with Crippen molar-refractivity contribution in [3.63, 3.8) is 0 Å². The van der Waals surface area contributed by atoms with Gasteiger partial charge in [0.25, 0.3) is 0 Å². The van der Waals surface area contributed by atoms with Crippen molar-refractivity contribution in [3.8, 4) is 0 Å². The number of rotatable bonds is 6. The van der Waals surface area contributed by atoms with Crippen molar-refractivity contribution >= 4 is 23.4 Å². The van der Waals surface area contributed by atoms with Gasteiger partial charge in [-0.1, -0.05) is 36.6 Å². The lowest BCUT2D eigenvalue weighted by molar-refractivity contribution is -0.130. The molecule has 1 saturated carbocycles. The van der Waals surface area contributed by atoms with Crippen LogP contribution in [0.15, 0.2) is 24.3 Å². The molecule has 0 radical (unpaired) electrons. The highest BCUT2D eigenvalue weighted by molar-refractivity contribution is 6.30. The number of hydrogen-bond donors (Lipinski definition) is 1. The van der Waals surface area contributed by atoms with Gasteiger partial charge in [0.2, 0.25) is 11.8 Å². The zero-order valence-electron chi connectivity index (χ0n) is 14.0. The molecule has 130 valence electrons. The van der Waals surface area contributed by atoms with Crippen molar-refractivity contribution in [2.45, 2.75) is 51.0 Å². The number of likely N-dealkylation sites (tertiary alicyclic amines) is 1. The average Bonchev–Trinajstić information content (AvgIpc) is 3.22. The standard InChI is InChI=1S/C19H25ClN2O2/c20-16-9-7-14(8-10-16)4-3-11-21-19(24)15-12-18(23)22(13-15)17-5-1-2-6-17/h7-10,15,17H,1-6,11-13H2,(H,21,24)/t15-/m0/s1. The summed E-state index contributed by atoms with van der Waals surface area (Å²) in [7, 11) is 0. The Morgan fingerprint density at radius 1 is 1.21 bits per heavy atom. The van der Waals surface area contributed by atoms with Gasteiger partial charge in [-0.05, 0) is 43.4 Å². The second-order valence-corrected chi connectivity index (χ2v) is 7.34. The lowest BCUT2D eigenvalue weighted by Crippen LogP contribution is -2.37. The minimum atomic E-state index is -0.173. The first-order valence-electron chi connectivity index (χ1n) is 8.95. The Kier molecular flexibility index (Phi) is 5.77. The Hall–Kier alpha value is -1.55. The summed E-state index contributed by atoms with van der Waals surface area (Å²) in [6.07, 6.45) is 6.78. The van der Waals surface area contributed by atoms with E-state index in [-0.39, 0.29) is 17.7 Å². The molecule has 0 bridgehead atoms. The van der Waals surface area contributed by atoms with Crippen LogP contribution in [0.3, 0.4) is 0 Å². The Morgan fingerprint density at radius 2 is 1.92 bits per heavy atom. The molecule has 1 aliphatic heterocycles. The number of carbonyl (C=O) groups excluding carboxylic acids is 2. The Morgan fingerprint density at radius 3 is 2.62 bits per heavy atom. The maximum absolute atomic E-state index is 12.3. The zero-order valence-corrected chi connectivity index (χ0v) is 14.7. The fourth-order valence-electron chi connectivity index (χ4n) is 3.78. The van der Waals surface area contributed by atoms with Gasteiger partial charge in [0.15, 0.2) is 0 Å². The quantitative estimate of drug-likeness (QED) is 0.803. The van der Waals surface area contributed by atoms with E-state index in [4.69, 9.17) is 11.6 Å². The predicted molar refractivity (Wildman–Crippen MR) is 94.9 cm³/mol. The number of aryl methyl sites for hydroxylation is 1. The number of halogens is 1. The molecule has 4 nitrogen and oxygen atoms in total. The van der Waals surface area contributed by atoms with Gasteiger partial charge in [-0.15, -0.1) is 0 Å². The molecule has 1 aromatic rings. The molecule has 0 unspecified atom stereocenters. The zero-order chi connectivity index (χ0) is 16.9. The SMILES string of the molecule is O=C(NCCCc1ccc(Cl)cc1)[C@H]1CC(=O)N(C2CCCC2)C1. The summed E-state index contributed by atoms with van der Waals surface area (Å²) >= 11 is 5.87. The molecular weight excluding hydrogens is 324 g/mol. The molecular formula is C19H25ClN2O2. The van der Waals surface area contributed by atoms with E-state index in [9.17, 15) is 9.59 Å². The molecule has 1 N–H and O–H groups in total. The molecule has 1 saturated heterocycles. The van der Waals surface area contributed by atoms with Crippen molar-refractivity contribution < 1.29 is 9.59 Å². The fraction of sp³-hybridized carbons (Fsp3) is 0.579. The van der Waals surface area contributed by atoms with E-state index in [0.29, 0.717) is 25.6 Å². The van der Waals surface area contributed by atoms with Gasteiger partial charge in [0.05, 0.1) is 5.92 Å². The van der Waals surface area contributed by atoms with Gasteiger partial charge in [-0.3, -0.25) is 9.59 Å².